The molecule has 21 heavy (non-hydrogen) atoms. The van der Waals surface area contributed by atoms with E-state index in [0.717, 1.165) is 11.3 Å². The number of anilines is 1. The van der Waals surface area contributed by atoms with Crippen molar-refractivity contribution < 1.29 is 9.18 Å². The Morgan fingerprint density at radius 1 is 1.19 bits per heavy atom. The van der Waals surface area contributed by atoms with Crippen molar-refractivity contribution in [2.45, 2.75) is 25.8 Å². The fourth-order valence-electron chi connectivity index (χ4n) is 2.25. The van der Waals surface area contributed by atoms with Gasteiger partial charge in [0.05, 0.1) is 6.42 Å². The van der Waals surface area contributed by atoms with Crippen molar-refractivity contribution in [3.8, 4) is 0 Å². The Balaban J connectivity index is 1.95. The van der Waals surface area contributed by atoms with E-state index in [2.05, 4.69) is 5.32 Å². The molecule has 0 spiro atoms. The van der Waals surface area contributed by atoms with Gasteiger partial charge < -0.3 is 11.1 Å². The third kappa shape index (κ3) is 4.60. The van der Waals surface area contributed by atoms with E-state index in [9.17, 15) is 9.18 Å². The van der Waals surface area contributed by atoms with Crippen LogP contribution in [-0.2, 0) is 17.6 Å². The van der Waals surface area contributed by atoms with Gasteiger partial charge >= 0.3 is 0 Å². The van der Waals surface area contributed by atoms with E-state index in [1.54, 1.807) is 12.1 Å². The van der Waals surface area contributed by atoms with Gasteiger partial charge in [0.1, 0.15) is 5.82 Å². The smallest absolute Gasteiger partial charge is 0.221 e. The fourth-order valence-corrected chi connectivity index (χ4v) is 2.25. The van der Waals surface area contributed by atoms with Crippen LogP contribution in [0.1, 0.15) is 18.1 Å². The minimum Gasteiger partial charge on any atom is -0.382 e. The molecule has 0 bridgehead atoms. The zero-order valence-electron chi connectivity index (χ0n) is 12.0. The van der Waals surface area contributed by atoms with Crippen LogP contribution in [0.3, 0.4) is 0 Å². The zero-order chi connectivity index (χ0) is 15.2. The molecule has 2 aromatic carbocycles. The summed E-state index contributed by atoms with van der Waals surface area (Å²) in [6.45, 7) is 2.00. The largest absolute Gasteiger partial charge is 0.382 e. The average Bonchev–Trinajstić information content (AvgIpc) is 2.43. The zero-order valence-corrected chi connectivity index (χ0v) is 12.0. The SMILES string of the molecule is C[C@H](Cc1ccccc1F)Nc1ccc(CC(N)=O)cc1. The molecule has 3 nitrogen and oxygen atoms in total. The maximum atomic E-state index is 13.6. The highest BCUT2D eigenvalue weighted by Gasteiger charge is 2.07. The summed E-state index contributed by atoms with van der Waals surface area (Å²) in [6, 6.07) is 14.4. The van der Waals surface area contributed by atoms with Gasteiger partial charge in [0.2, 0.25) is 5.91 Å². The summed E-state index contributed by atoms with van der Waals surface area (Å²) in [4.78, 5) is 10.8. The van der Waals surface area contributed by atoms with Crippen LogP contribution in [0.4, 0.5) is 10.1 Å². The van der Waals surface area contributed by atoms with Gasteiger partial charge in [-0.15, -0.1) is 0 Å². The number of halogens is 1. The third-order valence-corrected chi connectivity index (χ3v) is 3.23. The monoisotopic (exact) mass is 286 g/mol. The summed E-state index contributed by atoms with van der Waals surface area (Å²) >= 11 is 0. The second kappa shape index (κ2) is 6.88. The standard InChI is InChI=1S/C17H19FN2O/c1-12(10-14-4-2-3-5-16(14)18)20-15-8-6-13(7-9-15)11-17(19)21/h2-9,12,20H,10-11H2,1H3,(H2,19,21)/t12-/m1/s1. The van der Waals surface area contributed by atoms with E-state index in [4.69, 9.17) is 5.73 Å². The first kappa shape index (κ1) is 15.0. The van der Waals surface area contributed by atoms with Gasteiger partial charge in [-0.1, -0.05) is 30.3 Å². The predicted octanol–water partition coefficient (Wildman–Crippen LogP) is 2.90. The number of primary amides is 1. The van der Waals surface area contributed by atoms with Crippen LogP contribution >= 0.6 is 0 Å². The second-order valence-corrected chi connectivity index (χ2v) is 5.18. The summed E-state index contributed by atoms with van der Waals surface area (Å²) in [7, 11) is 0. The van der Waals surface area contributed by atoms with Gasteiger partial charge in [-0.2, -0.15) is 0 Å². The molecular formula is C17H19FN2O. The van der Waals surface area contributed by atoms with Gasteiger partial charge in [-0.05, 0) is 42.7 Å². The van der Waals surface area contributed by atoms with E-state index < -0.39 is 0 Å². The Bertz CT molecular complexity index is 610. The van der Waals surface area contributed by atoms with Crippen molar-refractivity contribution in [3.05, 3.63) is 65.5 Å². The lowest BCUT2D eigenvalue weighted by Crippen LogP contribution is -2.19. The molecule has 2 rings (SSSR count). The van der Waals surface area contributed by atoms with Crippen molar-refractivity contribution in [3.63, 3.8) is 0 Å². The molecule has 0 radical (unpaired) electrons. The highest BCUT2D eigenvalue weighted by Crippen LogP contribution is 2.14. The van der Waals surface area contributed by atoms with Gasteiger partial charge in [0, 0.05) is 11.7 Å². The number of carbonyl (C=O) groups excluding carboxylic acids is 1. The number of hydrogen-bond donors (Lipinski definition) is 2. The number of amides is 1. The molecule has 3 N–H and O–H groups in total. The molecule has 2 aromatic rings. The highest BCUT2D eigenvalue weighted by atomic mass is 19.1. The Hall–Kier alpha value is -2.36. The van der Waals surface area contributed by atoms with Crippen LogP contribution in [0.25, 0.3) is 0 Å². The summed E-state index contributed by atoms with van der Waals surface area (Å²) in [6.07, 6.45) is 0.848. The van der Waals surface area contributed by atoms with Crippen LogP contribution < -0.4 is 11.1 Å². The molecular weight excluding hydrogens is 267 g/mol. The summed E-state index contributed by atoms with van der Waals surface area (Å²) < 4.78 is 13.6. The van der Waals surface area contributed by atoms with Gasteiger partial charge in [-0.25, -0.2) is 4.39 Å². The van der Waals surface area contributed by atoms with Gasteiger partial charge in [-0.3, -0.25) is 4.79 Å². The van der Waals surface area contributed by atoms with E-state index in [1.165, 1.54) is 6.07 Å². The Labute approximate surface area is 124 Å². The van der Waals surface area contributed by atoms with Crippen molar-refractivity contribution in [1.82, 2.24) is 0 Å². The maximum Gasteiger partial charge on any atom is 0.221 e. The molecule has 4 heteroatoms. The first-order valence-corrected chi connectivity index (χ1v) is 6.92. The second-order valence-electron chi connectivity index (χ2n) is 5.18. The molecule has 0 aliphatic carbocycles. The van der Waals surface area contributed by atoms with Crippen molar-refractivity contribution in [2.24, 2.45) is 5.73 Å². The van der Waals surface area contributed by atoms with E-state index in [-0.39, 0.29) is 24.2 Å². The lowest BCUT2D eigenvalue weighted by atomic mass is 10.1. The highest BCUT2D eigenvalue weighted by molar-refractivity contribution is 5.76. The molecule has 0 unspecified atom stereocenters. The predicted molar refractivity (Wildman–Crippen MR) is 82.5 cm³/mol. The number of nitrogens with one attached hydrogen (secondary N) is 1. The van der Waals surface area contributed by atoms with E-state index in [1.807, 2.05) is 37.3 Å². The van der Waals surface area contributed by atoms with Crippen LogP contribution in [0.2, 0.25) is 0 Å². The van der Waals surface area contributed by atoms with E-state index >= 15 is 0 Å². The molecule has 1 amide bonds. The molecule has 0 heterocycles. The average molecular weight is 286 g/mol. The molecule has 0 saturated carbocycles. The van der Waals surface area contributed by atoms with Crippen molar-refractivity contribution in [1.29, 1.82) is 0 Å². The molecule has 0 saturated heterocycles. The molecule has 110 valence electrons. The Morgan fingerprint density at radius 2 is 1.86 bits per heavy atom. The topological polar surface area (TPSA) is 55.1 Å². The Morgan fingerprint density at radius 3 is 2.48 bits per heavy atom. The normalized spacial score (nSPS) is 11.9. The number of benzene rings is 2. The van der Waals surface area contributed by atoms with Crippen LogP contribution in [0.5, 0.6) is 0 Å². The minimum absolute atomic E-state index is 0.101. The van der Waals surface area contributed by atoms with Crippen LogP contribution in [0, 0.1) is 5.82 Å². The quantitative estimate of drug-likeness (QED) is 0.858. The number of hydrogen-bond acceptors (Lipinski definition) is 2. The molecule has 0 fully saturated rings. The summed E-state index contributed by atoms with van der Waals surface area (Å²) in [5.41, 5.74) is 7.67. The van der Waals surface area contributed by atoms with Gasteiger partial charge in [0.15, 0.2) is 0 Å². The Kier molecular flexibility index (Phi) is 4.93. The van der Waals surface area contributed by atoms with Crippen molar-refractivity contribution in [2.75, 3.05) is 5.32 Å². The number of nitrogens with two attached hydrogens (primary N) is 1. The molecule has 0 aromatic heterocycles. The lowest BCUT2D eigenvalue weighted by Gasteiger charge is -2.16. The first-order chi connectivity index (χ1) is 10.0. The molecule has 0 aliphatic heterocycles. The first-order valence-electron chi connectivity index (χ1n) is 6.92. The lowest BCUT2D eigenvalue weighted by molar-refractivity contribution is -0.117. The van der Waals surface area contributed by atoms with Crippen LogP contribution in [0.15, 0.2) is 48.5 Å². The van der Waals surface area contributed by atoms with E-state index in [0.29, 0.717) is 12.0 Å². The summed E-state index contributed by atoms with van der Waals surface area (Å²) in [5, 5.41) is 3.32. The summed E-state index contributed by atoms with van der Waals surface area (Å²) in [5.74, 6) is -0.522. The van der Waals surface area contributed by atoms with Gasteiger partial charge in [0.25, 0.3) is 0 Å². The van der Waals surface area contributed by atoms with Crippen molar-refractivity contribution >= 4 is 11.6 Å². The molecule has 0 aliphatic rings. The number of carbonyl (C=O) groups is 1. The van der Waals surface area contributed by atoms with Crippen LogP contribution in [-0.4, -0.2) is 11.9 Å². The third-order valence-electron chi connectivity index (χ3n) is 3.23. The maximum absolute atomic E-state index is 13.6. The molecule has 1 atom stereocenters. The number of rotatable bonds is 6. The fraction of sp³-hybridized carbons (Fsp3) is 0.235. The minimum atomic E-state index is -0.344.